The minimum atomic E-state index is -4.43. The number of hydrogen-bond donors (Lipinski definition) is 1. The van der Waals surface area contributed by atoms with E-state index in [-0.39, 0.29) is 11.5 Å². The Morgan fingerprint density at radius 2 is 2.04 bits per heavy atom. The second-order valence-corrected chi connectivity index (χ2v) is 6.85. The number of benzene rings is 1. The Morgan fingerprint density at radius 1 is 1.30 bits per heavy atom. The average Bonchev–Trinajstić information content (AvgIpc) is 2.65. The number of amides is 1. The molecule has 0 aromatic heterocycles. The molecule has 0 bridgehead atoms. The van der Waals surface area contributed by atoms with Crippen LogP contribution in [0.2, 0.25) is 0 Å². The molecule has 3 nitrogen and oxygen atoms in total. The lowest BCUT2D eigenvalue weighted by molar-refractivity contribution is -0.142. The van der Waals surface area contributed by atoms with Gasteiger partial charge in [-0.3, -0.25) is 4.79 Å². The van der Waals surface area contributed by atoms with Gasteiger partial charge in [-0.15, -0.1) is 0 Å². The Labute approximate surface area is 155 Å². The Balaban J connectivity index is 1.84. The minimum Gasteiger partial charge on any atom is -0.377 e. The molecule has 144 valence electrons. The predicted octanol–water partition coefficient (Wildman–Crippen LogP) is 3.92. The highest BCUT2D eigenvalue weighted by molar-refractivity contribution is 5.87. The van der Waals surface area contributed by atoms with Gasteiger partial charge in [0, 0.05) is 24.9 Å². The van der Waals surface area contributed by atoms with Gasteiger partial charge in [-0.25, -0.2) is 4.39 Å². The van der Waals surface area contributed by atoms with E-state index in [1.807, 2.05) is 6.07 Å². The van der Waals surface area contributed by atoms with E-state index in [9.17, 15) is 18.0 Å². The number of rotatable bonds is 3. The molecule has 3 rings (SSSR count). The van der Waals surface area contributed by atoms with Crippen LogP contribution in [0.15, 0.2) is 54.8 Å². The van der Waals surface area contributed by atoms with E-state index in [0.29, 0.717) is 25.1 Å². The normalized spacial score (nSPS) is 21.6. The fourth-order valence-electron chi connectivity index (χ4n) is 3.31. The van der Waals surface area contributed by atoms with Crippen LogP contribution < -0.4 is 5.32 Å². The zero-order valence-corrected chi connectivity index (χ0v) is 14.8. The second-order valence-electron chi connectivity index (χ2n) is 6.85. The molecule has 0 fully saturated rings. The largest absolute Gasteiger partial charge is 0.412 e. The number of carbonyl (C=O) groups is 1. The van der Waals surface area contributed by atoms with Gasteiger partial charge in [-0.1, -0.05) is 36.9 Å². The van der Waals surface area contributed by atoms with Gasteiger partial charge >= 0.3 is 6.18 Å². The van der Waals surface area contributed by atoms with Crippen LogP contribution in [-0.4, -0.2) is 29.6 Å². The standard InChI is InChI=1S/C20H20F4N2O/c1-3-18(27)26-9-8-13-4-5-15(10-14(13)12-26)19(2,21)16-6-7-17(25-11-16)20(22,23)24/h3-7,10-11,17,25H,1,8-9,12H2,2H3. The van der Waals surface area contributed by atoms with Crippen molar-refractivity contribution in [3.63, 3.8) is 0 Å². The fraction of sp³-hybridized carbons (Fsp3) is 0.350. The predicted molar refractivity (Wildman–Crippen MR) is 94.4 cm³/mol. The van der Waals surface area contributed by atoms with Crippen LogP contribution >= 0.6 is 0 Å². The molecule has 2 aliphatic heterocycles. The lowest BCUT2D eigenvalue weighted by Gasteiger charge is -2.31. The Bertz CT molecular complexity index is 824. The number of nitrogens with zero attached hydrogens (tertiary/aromatic N) is 1. The van der Waals surface area contributed by atoms with Crippen molar-refractivity contribution >= 4 is 5.91 Å². The molecule has 0 spiro atoms. The van der Waals surface area contributed by atoms with Crippen LogP contribution in [0, 0.1) is 0 Å². The first kappa shape index (κ1) is 19.2. The van der Waals surface area contributed by atoms with Crippen LogP contribution in [0.4, 0.5) is 17.6 Å². The molecule has 2 unspecified atom stereocenters. The van der Waals surface area contributed by atoms with Crippen LogP contribution in [0.25, 0.3) is 0 Å². The Morgan fingerprint density at radius 3 is 2.63 bits per heavy atom. The zero-order chi connectivity index (χ0) is 19.8. The molecule has 0 radical (unpaired) electrons. The third kappa shape index (κ3) is 3.77. The highest BCUT2D eigenvalue weighted by atomic mass is 19.4. The molecule has 1 aromatic carbocycles. The summed E-state index contributed by atoms with van der Waals surface area (Å²) >= 11 is 0. The van der Waals surface area contributed by atoms with E-state index in [0.717, 1.165) is 23.4 Å². The summed E-state index contributed by atoms with van der Waals surface area (Å²) in [5.74, 6) is -0.186. The van der Waals surface area contributed by atoms with Crippen LogP contribution in [-0.2, 0) is 23.4 Å². The smallest absolute Gasteiger partial charge is 0.377 e. The summed E-state index contributed by atoms with van der Waals surface area (Å²) in [7, 11) is 0. The fourth-order valence-corrected chi connectivity index (χ4v) is 3.31. The monoisotopic (exact) mass is 380 g/mol. The maximum Gasteiger partial charge on any atom is 0.412 e. The van der Waals surface area contributed by atoms with Gasteiger partial charge in [0.25, 0.3) is 0 Å². The number of halogens is 4. The number of hydrogen-bond acceptors (Lipinski definition) is 2. The minimum absolute atomic E-state index is 0.109. The lowest BCUT2D eigenvalue weighted by atomic mass is 9.85. The molecule has 0 aliphatic carbocycles. The summed E-state index contributed by atoms with van der Waals surface area (Å²) in [5, 5.41) is 2.20. The SMILES string of the molecule is C=CC(=O)N1CCc2ccc(C(C)(F)C3=CNC(C(F)(F)F)C=C3)cc2C1. The molecular weight excluding hydrogens is 360 g/mol. The molecule has 2 atom stereocenters. The van der Waals surface area contributed by atoms with Gasteiger partial charge < -0.3 is 10.2 Å². The molecular formula is C20H20F4N2O. The van der Waals surface area contributed by atoms with Gasteiger partial charge in [0.15, 0.2) is 5.67 Å². The molecule has 0 saturated heterocycles. The summed E-state index contributed by atoms with van der Waals surface area (Å²) in [5.41, 5.74) is 0.334. The van der Waals surface area contributed by atoms with Crippen molar-refractivity contribution in [2.24, 2.45) is 0 Å². The second kappa shape index (κ2) is 6.87. The van der Waals surface area contributed by atoms with E-state index in [1.165, 1.54) is 19.1 Å². The zero-order valence-electron chi connectivity index (χ0n) is 14.8. The van der Waals surface area contributed by atoms with Crippen molar-refractivity contribution in [2.45, 2.75) is 37.8 Å². The number of fused-ring (bicyclic) bond motifs is 1. The van der Waals surface area contributed by atoms with Crippen LogP contribution in [0.3, 0.4) is 0 Å². The van der Waals surface area contributed by atoms with E-state index >= 15 is 4.39 Å². The summed E-state index contributed by atoms with van der Waals surface area (Å²) in [6.07, 6.45) is 0.630. The molecule has 1 N–H and O–H groups in total. The maximum atomic E-state index is 15.5. The van der Waals surface area contributed by atoms with Gasteiger partial charge in [0.1, 0.15) is 6.04 Å². The van der Waals surface area contributed by atoms with Gasteiger partial charge in [-0.05, 0) is 36.1 Å². The summed E-state index contributed by atoms with van der Waals surface area (Å²) < 4.78 is 53.7. The first-order valence-corrected chi connectivity index (χ1v) is 8.57. The molecule has 2 heterocycles. The van der Waals surface area contributed by atoms with Crippen molar-refractivity contribution in [3.8, 4) is 0 Å². The number of dihydropyridines is 1. The van der Waals surface area contributed by atoms with E-state index in [2.05, 4.69) is 11.9 Å². The molecule has 1 aromatic rings. The average molecular weight is 380 g/mol. The number of allylic oxidation sites excluding steroid dienone is 2. The third-order valence-electron chi connectivity index (χ3n) is 5.03. The van der Waals surface area contributed by atoms with Crippen molar-refractivity contribution < 1.29 is 22.4 Å². The van der Waals surface area contributed by atoms with Crippen molar-refractivity contribution in [1.82, 2.24) is 10.2 Å². The quantitative estimate of drug-likeness (QED) is 0.637. The van der Waals surface area contributed by atoms with E-state index in [1.54, 1.807) is 17.0 Å². The molecule has 2 aliphatic rings. The van der Waals surface area contributed by atoms with Gasteiger partial charge in [0.05, 0.1) is 0 Å². The first-order valence-electron chi connectivity index (χ1n) is 8.57. The molecule has 7 heteroatoms. The topological polar surface area (TPSA) is 32.3 Å². The third-order valence-corrected chi connectivity index (χ3v) is 5.03. The Kier molecular flexibility index (Phi) is 4.88. The molecule has 0 saturated carbocycles. The highest BCUT2D eigenvalue weighted by Crippen LogP contribution is 2.37. The van der Waals surface area contributed by atoms with Crippen molar-refractivity contribution in [2.75, 3.05) is 6.54 Å². The van der Waals surface area contributed by atoms with Crippen molar-refractivity contribution in [3.05, 3.63) is 71.5 Å². The van der Waals surface area contributed by atoms with E-state index < -0.39 is 17.9 Å². The molecule has 1 amide bonds. The number of carbonyl (C=O) groups excluding carboxylic acids is 1. The summed E-state index contributed by atoms with van der Waals surface area (Å²) in [4.78, 5) is 13.5. The van der Waals surface area contributed by atoms with Gasteiger partial charge in [0.2, 0.25) is 5.91 Å². The first-order chi connectivity index (χ1) is 12.6. The Hall–Kier alpha value is -2.57. The van der Waals surface area contributed by atoms with Crippen LogP contribution in [0.5, 0.6) is 0 Å². The highest BCUT2D eigenvalue weighted by Gasteiger charge is 2.40. The van der Waals surface area contributed by atoms with E-state index in [4.69, 9.17) is 0 Å². The maximum absolute atomic E-state index is 15.5. The number of nitrogens with one attached hydrogen (secondary N) is 1. The lowest BCUT2D eigenvalue weighted by Crippen LogP contribution is -2.40. The van der Waals surface area contributed by atoms with Gasteiger partial charge in [-0.2, -0.15) is 13.2 Å². The van der Waals surface area contributed by atoms with Crippen molar-refractivity contribution in [1.29, 1.82) is 0 Å². The summed E-state index contributed by atoms with van der Waals surface area (Å²) in [6.45, 7) is 5.72. The number of alkyl halides is 4. The van der Waals surface area contributed by atoms with Crippen LogP contribution in [0.1, 0.15) is 23.6 Å². The molecule has 27 heavy (non-hydrogen) atoms. The summed E-state index contributed by atoms with van der Waals surface area (Å²) in [6, 6.07) is 3.33.